The van der Waals surface area contributed by atoms with E-state index in [9.17, 15) is 9.59 Å². The van der Waals surface area contributed by atoms with E-state index < -0.39 is 32.6 Å². The Kier molecular flexibility index (Phi) is 5.52. The summed E-state index contributed by atoms with van der Waals surface area (Å²) < 4.78 is 16.9. The molecule has 6 heteroatoms. The molecule has 0 amide bonds. The van der Waals surface area contributed by atoms with Crippen LogP contribution in [0.15, 0.2) is 12.2 Å². The van der Waals surface area contributed by atoms with Crippen molar-refractivity contribution in [3.8, 4) is 0 Å². The van der Waals surface area contributed by atoms with Crippen molar-refractivity contribution < 1.29 is 23.5 Å². The van der Waals surface area contributed by atoms with Crippen molar-refractivity contribution >= 4 is 20.1 Å². The van der Waals surface area contributed by atoms with Crippen LogP contribution in [0.1, 0.15) is 27.7 Å². The third kappa shape index (κ3) is 4.25. The molecule has 1 rings (SSSR count). The number of carbonyl (C=O) groups is 2. The number of ether oxygens (including phenoxy) is 2. The van der Waals surface area contributed by atoms with Crippen molar-refractivity contribution in [2.24, 2.45) is 0 Å². The summed E-state index contributed by atoms with van der Waals surface area (Å²) in [6.45, 7) is 11.9. The van der Waals surface area contributed by atoms with E-state index in [0.717, 1.165) is 0 Å². The van der Waals surface area contributed by atoms with E-state index in [1.165, 1.54) is 20.1 Å². The molecule has 0 N–H and O–H groups in total. The van der Waals surface area contributed by atoms with Gasteiger partial charge in [0.05, 0.1) is 0 Å². The largest absolute Gasteiger partial charge is 0.455 e. The van der Waals surface area contributed by atoms with Crippen molar-refractivity contribution in [1.29, 1.82) is 0 Å². The first-order valence-electron chi connectivity index (χ1n) is 7.09. The lowest BCUT2D eigenvalue weighted by molar-refractivity contribution is -0.157. The molecule has 3 atom stereocenters. The predicted molar refractivity (Wildman–Crippen MR) is 82.6 cm³/mol. The lowest BCUT2D eigenvalue weighted by atomic mass is 9.97. The molecule has 0 saturated carbocycles. The first-order chi connectivity index (χ1) is 9.49. The summed E-state index contributed by atoms with van der Waals surface area (Å²) in [5, 5.41) is -0.0176. The number of hydrogen-bond donors (Lipinski definition) is 0. The molecule has 0 spiro atoms. The molecule has 120 valence electrons. The van der Waals surface area contributed by atoms with Crippen molar-refractivity contribution in [3.63, 3.8) is 0 Å². The van der Waals surface area contributed by atoms with Crippen LogP contribution < -0.4 is 0 Å². The molecule has 0 saturated heterocycles. The van der Waals surface area contributed by atoms with Crippen LogP contribution in [0.3, 0.4) is 0 Å². The third-order valence-corrected chi connectivity index (χ3v) is 8.62. The zero-order chi connectivity index (χ0) is 16.4. The Morgan fingerprint density at radius 1 is 1.29 bits per heavy atom. The van der Waals surface area contributed by atoms with Crippen molar-refractivity contribution in [2.75, 3.05) is 7.11 Å². The van der Waals surface area contributed by atoms with Crippen molar-refractivity contribution in [1.82, 2.24) is 0 Å². The Labute approximate surface area is 127 Å². The highest BCUT2D eigenvalue weighted by Crippen LogP contribution is 2.39. The van der Waals surface area contributed by atoms with E-state index in [-0.39, 0.29) is 10.8 Å². The highest BCUT2D eigenvalue weighted by atomic mass is 28.4. The maximum Gasteiger partial charge on any atom is 0.303 e. The highest BCUT2D eigenvalue weighted by Gasteiger charge is 2.46. The fraction of sp³-hybridized carbons (Fsp3) is 0.733. The van der Waals surface area contributed by atoms with Gasteiger partial charge in [0.15, 0.2) is 14.1 Å². The molecule has 0 aromatic rings. The Hall–Kier alpha value is -0.983. The van der Waals surface area contributed by atoms with Crippen molar-refractivity contribution in [2.45, 2.75) is 64.1 Å². The van der Waals surface area contributed by atoms with Crippen LogP contribution in [0.5, 0.6) is 0 Å². The summed E-state index contributed by atoms with van der Waals surface area (Å²) in [6.07, 6.45) is 1.04. The SMILES string of the molecule is CO[C@@H]1C(=O)C=C[C@H](OC(C)=O)[C@H]1O[Si](C)(C)C(C)(C)C. The molecule has 0 bridgehead atoms. The molecule has 0 unspecified atom stereocenters. The van der Waals surface area contributed by atoms with Gasteiger partial charge in [-0.15, -0.1) is 0 Å². The van der Waals surface area contributed by atoms with Gasteiger partial charge in [-0.2, -0.15) is 0 Å². The van der Waals surface area contributed by atoms with Gasteiger partial charge in [-0.25, -0.2) is 0 Å². The van der Waals surface area contributed by atoms with Gasteiger partial charge in [0, 0.05) is 14.0 Å². The summed E-state index contributed by atoms with van der Waals surface area (Å²) in [4.78, 5) is 23.3. The van der Waals surface area contributed by atoms with Gasteiger partial charge in [0.2, 0.25) is 0 Å². The molecule has 0 aromatic heterocycles. The molecule has 0 heterocycles. The summed E-state index contributed by atoms with van der Waals surface area (Å²) >= 11 is 0. The lowest BCUT2D eigenvalue weighted by Crippen LogP contribution is -2.55. The number of esters is 1. The smallest absolute Gasteiger partial charge is 0.303 e. The topological polar surface area (TPSA) is 61.8 Å². The molecule has 0 aromatic carbocycles. The highest BCUT2D eigenvalue weighted by molar-refractivity contribution is 6.74. The first kappa shape index (κ1) is 18.1. The van der Waals surface area contributed by atoms with E-state index in [2.05, 4.69) is 33.9 Å². The number of hydrogen-bond acceptors (Lipinski definition) is 5. The van der Waals surface area contributed by atoms with Crippen LogP contribution in [-0.2, 0) is 23.5 Å². The van der Waals surface area contributed by atoms with Gasteiger partial charge in [-0.05, 0) is 30.3 Å². The molecule has 1 aliphatic rings. The second-order valence-corrected chi connectivity index (χ2v) is 11.6. The van der Waals surface area contributed by atoms with Gasteiger partial charge in [-0.1, -0.05) is 20.8 Å². The van der Waals surface area contributed by atoms with Gasteiger partial charge in [0.25, 0.3) is 0 Å². The van der Waals surface area contributed by atoms with Gasteiger partial charge >= 0.3 is 5.97 Å². The van der Waals surface area contributed by atoms with E-state index in [4.69, 9.17) is 13.9 Å². The Morgan fingerprint density at radius 3 is 2.29 bits per heavy atom. The number of rotatable bonds is 4. The minimum atomic E-state index is -2.13. The summed E-state index contributed by atoms with van der Waals surface area (Å²) in [7, 11) is -0.663. The first-order valence-corrected chi connectivity index (χ1v) is 10.0. The lowest BCUT2D eigenvalue weighted by Gasteiger charge is -2.43. The van der Waals surface area contributed by atoms with Crippen LogP contribution in [0.25, 0.3) is 0 Å². The third-order valence-electron chi connectivity index (χ3n) is 4.15. The van der Waals surface area contributed by atoms with Gasteiger partial charge in [-0.3, -0.25) is 9.59 Å². The molecular weight excluding hydrogens is 288 g/mol. The van der Waals surface area contributed by atoms with Crippen LogP contribution in [0.2, 0.25) is 18.1 Å². The molecule has 0 fully saturated rings. The monoisotopic (exact) mass is 314 g/mol. The van der Waals surface area contributed by atoms with E-state index in [1.54, 1.807) is 6.08 Å². The number of methoxy groups -OCH3 is 1. The second kappa shape index (κ2) is 6.42. The average Bonchev–Trinajstić information content (AvgIpc) is 2.31. The van der Waals surface area contributed by atoms with Crippen LogP contribution in [0, 0.1) is 0 Å². The normalized spacial score (nSPS) is 26.8. The fourth-order valence-corrected chi connectivity index (χ4v) is 3.21. The molecule has 21 heavy (non-hydrogen) atoms. The molecular formula is C15H26O5Si. The minimum Gasteiger partial charge on any atom is -0.455 e. The number of carbonyl (C=O) groups excluding carboxylic acids is 2. The van der Waals surface area contributed by atoms with E-state index in [1.807, 2.05) is 0 Å². The zero-order valence-corrected chi connectivity index (χ0v) is 14.9. The average molecular weight is 314 g/mol. The predicted octanol–water partition coefficient (Wildman–Crippen LogP) is 2.46. The Morgan fingerprint density at radius 2 is 1.86 bits per heavy atom. The standard InChI is InChI=1S/C15H26O5Si/c1-10(16)19-12-9-8-11(17)13(18-5)14(12)20-21(6,7)15(2,3)4/h8-9,12-14H,1-7H3/t12-,13+,14+/m0/s1. The zero-order valence-electron chi connectivity index (χ0n) is 13.9. The second-order valence-electron chi connectivity index (χ2n) is 6.83. The van der Waals surface area contributed by atoms with E-state index in [0.29, 0.717) is 0 Å². The summed E-state index contributed by atoms with van der Waals surface area (Å²) in [6, 6.07) is 0. The minimum absolute atomic E-state index is 0.0176. The van der Waals surface area contributed by atoms with Gasteiger partial charge in [0.1, 0.15) is 18.3 Å². The maximum atomic E-state index is 12.0. The Balaban J connectivity index is 3.08. The number of ketones is 1. The van der Waals surface area contributed by atoms with Crippen molar-refractivity contribution in [3.05, 3.63) is 12.2 Å². The summed E-state index contributed by atoms with van der Waals surface area (Å²) in [5.41, 5.74) is 0. The molecule has 5 nitrogen and oxygen atoms in total. The quantitative estimate of drug-likeness (QED) is 0.589. The van der Waals surface area contributed by atoms with Crippen LogP contribution in [-0.4, -0.2) is 45.5 Å². The molecule has 0 radical (unpaired) electrons. The summed E-state index contributed by atoms with van der Waals surface area (Å²) in [5.74, 6) is -0.567. The van der Waals surface area contributed by atoms with Crippen LogP contribution >= 0.6 is 0 Å². The Bertz CT molecular complexity index is 436. The van der Waals surface area contributed by atoms with E-state index >= 15 is 0 Å². The molecule has 0 aliphatic heterocycles. The molecule has 1 aliphatic carbocycles. The van der Waals surface area contributed by atoms with Crippen LogP contribution in [0.4, 0.5) is 0 Å². The fourth-order valence-electron chi connectivity index (χ4n) is 1.92. The van der Waals surface area contributed by atoms with Gasteiger partial charge < -0.3 is 13.9 Å². The maximum absolute atomic E-state index is 12.0.